The van der Waals surface area contributed by atoms with E-state index in [2.05, 4.69) is 14.9 Å². The maximum atomic E-state index is 12.7. The Kier molecular flexibility index (Phi) is 3.97. The number of hydrogen-bond acceptors (Lipinski definition) is 6. The number of carbonyl (C=O) groups excluding carboxylic acids is 1. The Bertz CT molecular complexity index is 1160. The molecule has 3 heterocycles. The number of ketones is 1. The van der Waals surface area contributed by atoms with Crippen molar-refractivity contribution in [1.82, 2.24) is 9.97 Å². The number of rotatable bonds is 3. The quantitative estimate of drug-likeness (QED) is 0.543. The van der Waals surface area contributed by atoms with Gasteiger partial charge in [0.15, 0.2) is 17.2 Å². The molecule has 0 unspecified atom stereocenters. The van der Waals surface area contributed by atoms with Crippen molar-refractivity contribution in [2.24, 2.45) is 5.92 Å². The van der Waals surface area contributed by atoms with E-state index in [4.69, 9.17) is 4.42 Å². The molecule has 4 aromatic rings. The van der Waals surface area contributed by atoms with Crippen LogP contribution in [-0.2, 0) is 0 Å². The number of anilines is 1. The number of benzene rings is 2. The van der Waals surface area contributed by atoms with Crippen LogP contribution in [0.3, 0.4) is 0 Å². The van der Waals surface area contributed by atoms with Crippen LogP contribution < -0.4 is 4.90 Å². The van der Waals surface area contributed by atoms with Crippen molar-refractivity contribution in [3.05, 3.63) is 60.4 Å². The van der Waals surface area contributed by atoms with Crippen molar-refractivity contribution in [2.45, 2.75) is 12.8 Å². The summed E-state index contributed by atoms with van der Waals surface area (Å²) in [6.07, 6.45) is 3.09. The zero-order valence-corrected chi connectivity index (χ0v) is 15.2. The summed E-state index contributed by atoms with van der Waals surface area (Å²) in [4.78, 5) is 23.8. The molecule has 0 amide bonds. The molecule has 6 heteroatoms. The summed E-state index contributed by atoms with van der Waals surface area (Å²) in [5.41, 5.74) is 2.98. The van der Waals surface area contributed by atoms with Crippen LogP contribution >= 0.6 is 0 Å². The van der Waals surface area contributed by atoms with Crippen molar-refractivity contribution in [3.63, 3.8) is 0 Å². The number of Topliss-reactive ketones (excluding diaryl/α,β-unsaturated/α-hetero) is 1. The fourth-order valence-corrected chi connectivity index (χ4v) is 3.95. The second-order valence-corrected chi connectivity index (χ2v) is 7.15. The van der Waals surface area contributed by atoms with Crippen LogP contribution in [0.25, 0.3) is 22.1 Å². The second kappa shape index (κ2) is 6.64. The molecule has 1 N–H and O–H groups in total. The van der Waals surface area contributed by atoms with Gasteiger partial charge in [0.05, 0.1) is 0 Å². The number of furan rings is 1. The van der Waals surface area contributed by atoms with Gasteiger partial charge in [0, 0.05) is 30.0 Å². The van der Waals surface area contributed by atoms with Gasteiger partial charge in [0.1, 0.15) is 23.2 Å². The van der Waals surface area contributed by atoms with Crippen LogP contribution in [0.15, 0.2) is 59.3 Å². The molecule has 1 fully saturated rings. The molecule has 1 saturated heterocycles. The molecule has 0 saturated carbocycles. The number of phenols is 1. The number of aromatic hydroxyl groups is 1. The monoisotopic (exact) mass is 373 g/mol. The summed E-state index contributed by atoms with van der Waals surface area (Å²) in [6.45, 7) is 1.47. The molecule has 0 atom stereocenters. The van der Waals surface area contributed by atoms with E-state index in [0.29, 0.717) is 11.1 Å². The van der Waals surface area contributed by atoms with Crippen LogP contribution in [0.5, 0.6) is 5.75 Å². The van der Waals surface area contributed by atoms with Gasteiger partial charge >= 0.3 is 0 Å². The average molecular weight is 373 g/mol. The number of carbonyl (C=O) groups is 1. The van der Waals surface area contributed by atoms with Gasteiger partial charge in [0.2, 0.25) is 0 Å². The van der Waals surface area contributed by atoms with Crippen molar-refractivity contribution in [1.29, 1.82) is 0 Å². The lowest BCUT2D eigenvalue weighted by Gasteiger charge is -2.31. The minimum Gasteiger partial charge on any atom is -0.508 e. The standard InChI is InChI=1S/C22H19N3O3/c26-16-7-5-14(6-8-16)20(27)15-9-11-25(12-10-15)22-21-19(23-13-24-22)17-3-1-2-4-18(17)28-21/h1-8,13,15,26H,9-12H2. The molecular weight excluding hydrogens is 354 g/mol. The minimum absolute atomic E-state index is 0.0196. The topological polar surface area (TPSA) is 79.5 Å². The third-order valence-electron chi connectivity index (χ3n) is 5.46. The number of para-hydroxylation sites is 1. The highest BCUT2D eigenvalue weighted by molar-refractivity contribution is 6.05. The summed E-state index contributed by atoms with van der Waals surface area (Å²) < 4.78 is 6.03. The van der Waals surface area contributed by atoms with Gasteiger partial charge < -0.3 is 14.4 Å². The minimum atomic E-state index is -0.0196. The van der Waals surface area contributed by atoms with E-state index in [9.17, 15) is 9.90 Å². The Morgan fingerprint density at radius 1 is 1.04 bits per heavy atom. The van der Waals surface area contributed by atoms with Crippen molar-refractivity contribution in [2.75, 3.05) is 18.0 Å². The summed E-state index contributed by atoms with van der Waals surface area (Å²) in [5, 5.41) is 10.4. The highest BCUT2D eigenvalue weighted by Crippen LogP contribution is 2.34. The molecule has 0 radical (unpaired) electrons. The molecule has 0 spiro atoms. The van der Waals surface area contributed by atoms with E-state index in [1.807, 2.05) is 24.3 Å². The van der Waals surface area contributed by atoms with Crippen LogP contribution in [0.1, 0.15) is 23.2 Å². The maximum absolute atomic E-state index is 12.7. The van der Waals surface area contributed by atoms with E-state index >= 15 is 0 Å². The number of nitrogens with zero attached hydrogens (tertiary/aromatic N) is 3. The number of hydrogen-bond donors (Lipinski definition) is 1. The molecule has 2 aromatic heterocycles. The summed E-state index contributed by atoms with van der Waals surface area (Å²) >= 11 is 0. The Hall–Kier alpha value is -3.41. The smallest absolute Gasteiger partial charge is 0.196 e. The van der Waals surface area contributed by atoms with Crippen LogP contribution in [0, 0.1) is 5.92 Å². The normalized spacial score (nSPS) is 15.4. The largest absolute Gasteiger partial charge is 0.508 e. The molecule has 28 heavy (non-hydrogen) atoms. The molecule has 6 nitrogen and oxygen atoms in total. The third kappa shape index (κ3) is 2.78. The first-order valence-electron chi connectivity index (χ1n) is 9.41. The van der Waals surface area contributed by atoms with Gasteiger partial charge in [-0.1, -0.05) is 12.1 Å². The van der Waals surface area contributed by atoms with Crippen LogP contribution in [-0.4, -0.2) is 33.9 Å². The highest BCUT2D eigenvalue weighted by atomic mass is 16.3. The summed E-state index contributed by atoms with van der Waals surface area (Å²) in [7, 11) is 0. The van der Waals surface area contributed by atoms with Gasteiger partial charge in [-0.2, -0.15) is 0 Å². The molecule has 1 aliphatic rings. The van der Waals surface area contributed by atoms with E-state index in [1.54, 1.807) is 30.6 Å². The highest BCUT2D eigenvalue weighted by Gasteiger charge is 2.28. The summed E-state index contributed by atoms with van der Waals surface area (Å²) in [5.74, 6) is 1.08. The predicted octanol–water partition coefficient (Wildman–Crippen LogP) is 4.18. The van der Waals surface area contributed by atoms with Crippen molar-refractivity contribution < 1.29 is 14.3 Å². The van der Waals surface area contributed by atoms with Gasteiger partial charge in [-0.15, -0.1) is 0 Å². The lowest BCUT2D eigenvalue weighted by atomic mass is 9.89. The zero-order valence-electron chi connectivity index (χ0n) is 15.2. The van der Waals surface area contributed by atoms with Crippen LogP contribution in [0.4, 0.5) is 5.82 Å². The number of fused-ring (bicyclic) bond motifs is 3. The second-order valence-electron chi connectivity index (χ2n) is 7.15. The molecule has 140 valence electrons. The van der Waals surface area contributed by atoms with Gasteiger partial charge in [-0.3, -0.25) is 4.79 Å². The van der Waals surface area contributed by atoms with Gasteiger partial charge in [-0.25, -0.2) is 9.97 Å². The lowest BCUT2D eigenvalue weighted by Crippen LogP contribution is -2.37. The van der Waals surface area contributed by atoms with E-state index in [0.717, 1.165) is 48.2 Å². The summed E-state index contributed by atoms with van der Waals surface area (Å²) in [6, 6.07) is 14.3. The van der Waals surface area contributed by atoms with Crippen molar-refractivity contribution in [3.8, 4) is 5.75 Å². The first-order chi connectivity index (χ1) is 13.7. The first-order valence-corrected chi connectivity index (χ1v) is 9.41. The first kappa shape index (κ1) is 16.7. The molecule has 2 aromatic carbocycles. The maximum Gasteiger partial charge on any atom is 0.196 e. The lowest BCUT2D eigenvalue weighted by molar-refractivity contribution is 0.0900. The molecule has 5 rings (SSSR count). The van der Waals surface area contributed by atoms with Crippen LogP contribution in [0.2, 0.25) is 0 Å². The number of piperidine rings is 1. The Balaban J connectivity index is 1.38. The van der Waals surface area contributed by atoms with E-state index in [-0.39, 0.29) is 17.5 Å². The molecule has 0 aliphatic carbocycles. The Morgan fingerprint density at radius 2 is 1.79 bits per heavy atom. The van der Waals surface area contributed by atoms with Gasteiger partial charge in [0.25, 0.3) is 0 Å². The fourth-order valence-electron chi connectivity index (χ4n) is 3.95. The Morgan fingerprint density at radius 3 is 2.57 bits per heavy atom. The Labute approximate surface area is 161 Å². The SMILES string of the molecule is O=C(c1ccc(O)cc1)C1CCN(c2ncnc3c2oc2ccccc23)CC1. The zero-order chi connectivity index (χ0) is 19.1. The third-order valence-corrected chi connectivity index (χ3v) is 5.46. The molecule has 1 aliphatic heterocycles. The van der Waals surface area contributed by atoms with Gasteiger partial charge in [-0.05, 0) is 49.2 Å². The molecule has 0 bridgehead atoms. The predicted molar refractivity (Wildman–Crippen MR) is 107 cm³/mol. The van der Waals surface area contributed by atoms with Crippen molar-refractivity contribution >= 4 is 33.7 Å². The van der Waals surface area contributed by atoms with E-state index in [1.165, 1.54) is 0 Å². The average Bonchev–Trinajstić information content (AvgIpc) is 3.13. The molecular formula is C22H19N3O3. The van der Waals surface area contributed by atoms with E-state index < -0.39 is 0 Å². The number of phenolic OH excluding ortho intramolecular Hbond substituents is 1. The number of aromatic nitrogens is 2. The fraction of sp³-hybridized carbons (Fsp3) is 0.227.